The maximum absolute atomic E-state index is 8.68. The molecule has 0 bridgehead atoms. The van der Waals surface area contributed by atoms with Gasteiger partial charge in [0.05, 0.1) is 12.5 Å². The predicted molar refractivity (Wildman–Crippen MR) is 66.0 cm³/mol. The summed E-state index contributed by atoms with van der Waals surface area (Å²) in [6, 6.07) is 10.0. The maximum Gasteiger partial charge on any atom is 0.129 e. The molecule has 2 heteroatoms. The summed E-state index contributed by atoms with van der Waals surface area (Å²) in [5.41, 5.74) is 5.35. The summed E-state index contributed by atoms with van der Waals surface area (Å²) in [6.45, 7) is 6.65. The molecule has 0 spiro atoms. The fourth-order valence-corrected chi connectivity index (χ4v) is 1.65. The van der Waals surface area contributed by atoms with Crippen LogP contribution in [0.5, 0.6) is 0 Å². The number of hydrogen-bond acceptors (Lipinski definition) is 1. The Morgan fingerprint density at radius 3 is 2.47 bits per heavy atom. The standard InChI is InChI=1S/C13H15NSi/c1-15(2,3)11-9-13-7-5-4-6-12(13)8-10-14/h4-7H,8H2,1-3H3. The van der Waals surface area contributed by atoms with E-state index in [-0.39, 0.29) is 0 Å². The Labute approximate surface area is 92.8 Å². The van der Waals surface area contributed by atoms with Crippen LogP contribution in [0.1, 0.15) is 11.1 Å². The largest absolute Gasteiger partial charge is 0.198 e. The molecule has 0 aromatic heterocycles. The molecule has 1 aromatic carbocycles. The van der Waals surface area contributed by atoms with E-state index in [0.717, 1.165) is 11.1 Å². The molecule has 0 radical (unpaired) electrons. The van der Waals surface area contributed by atoms with E-state index in [2.05, 4.69) is 37.2 Å². The molecule has 0 unspecified atom stereocenters. The lowest BCUT2D eigenvalue weighted by molar-refractivity contribution is 1.25. The predicted octanol–water partition coefficient (Wildman–Crippen LogP) is 2.98. The second-order valence-electron chi connectivity index (χ2n) is 4.49. The van der Waals surface area contributed by atoms with Gasteiger partial charge in [-0.15, -0.1) is 5.54 Å². The molecule has 0 aliphatic rings. The van der Waals surface area contributed by atoms with Gasteiger partial charge in [0.15, 0.2) is 0 Å². The van der Waals surface area contributed by atoms with Crippen molar-refractivity contribution < 1.29 is 0 Å². The van der Waals surface area contributed by atoms with Crippen LogP contribution in [0.4, 0.5) is 0 Å². The number of rotatable bonds is 1. The lowest BCUT2D eigenvalue weighted by Crippen LogP contribution is -2.16. The summed E-state index contributed by atoms with van der Waals surface area (Å²) in [5, 5.41) is 8.68. The molecular weight excluding hydrogens is 198 g/mol. The fraction of sp³-hybridized carbons (Fsp3) is 0.308. The molecule has 0 saturated carbocycles. The normalized spacial score (nSPS) is 10.0. The second-order valence-corrected chi connectivity index (χ2v) is 9.24. The summed E-state index contributed by atoms with van der Waals surface area (Å²) in [7, 11) is -1.33. The molecule has 0 atom stereocenters. The number of benzene rings is 1. The molecule has 15 heavy (non-hydrogen) atoms. The third-order valence-corrected chi connectivity index (χ3v) is 2.73. The zero-order valence-electron chi connectivity index (χ0n) is 9.46. The van der Waals surface area contributed by atoms with E-state index in [1.165, 1.54) is 0 Å². The highest BCUT2D eigenvalue weighted by Gasteiger charge is 2.07. The van der Waals surface area contributed by atoms with Crippen LogP contribution >= 0.6 is 0 Å². The van der Waals surface area contributed by atoms with E-state index in [1.54, 1.807) is 0 Å². The molecule has 0 saturated heterocycles. The molecule has 0 fully saturated rings. The van der Waals surface area contributed by atoms with E-state index in [9.17, 15) is 0 Å². The highest BCUT2D eigenvalue weighted by Crippen LogP contribution is 2.08. The Balaban J connectivity index is 3.03. The van der Waals surface area contributed by atoms with Gasteiger partial charge in [-0.3, -0.25) is 0 Å². The zero-order chi connectivity index (χ0) is 11.3. The minimum atomic E-state index is -1.33. The van der Waals surface area contributed by atoms with Crippen molar-refractivity contribution in [3.63, 3.8) is 0 Å². The maximum atomic E-state index is 8.68. The molecule has 1 nitrogen and oxygen atoms in total. The van der Waals surface area contributed by atoms with Crippen LogP contribution in [0.25, 0.3) is 0 Å². The zero-order valence-corrected chi connectivity index (χ0v) is 10.5. The van der Waals surface area contributed by atoms with Crippen molar-refractivity contribution >= 4 is 8.07 Å². The first kappa shape index (κ1) is 11.6. The number of hydrogen-bond donors (Lipinski definition) is 0. The molecule has 76 valence electrons. The van der Waals surface area contributed by atoms with Gasteiger partial charge < -0.3 is 0 Å². The Hall–Kier alpha value is -1.51. The average Bonchev–Trinajstić information content (AvgIpc) is 2.16. The molecular formula is C13H15NSi. The molecule has 0 aliphatic carbocycles. The van der Waals surface area contributed by atoms with Gasteiger partial charge in [-0.25, -0.2) is 0 Å². The highest BCUT2D eigenvalue weighted by molar-refractivity contribution is 6.83. The molecule has 0 N–H and O–H groups in total. The molecule has 1 rings (SSSR count). The number of nitriles is 1. The Morgan fingerprint density at radius 2 is 1.87 bits per heavy atom. The van der Waals surface area contributed by atoms with Crippen molar-refractivity contribution in [1.82, 2.24) is 0 Å². The Bertz CT molecular complexity index is 438. The van der Waals surface area contributed by atoms with E-state index in [1.807, 2.05) is 24.3 Å². The van der Waals surface area contributed by atoms with Gasteiger partial charge in [0.1, 0.15) is 8.07 Å². The second kappa shape index (κ2) is 4.82. The van der Waals surface area contributed by atoms with Crippen LogP contribution < -0.4 is 0 Å². The lowest BCUT2D eigenvalue weighted by Gasteiger charge is -2.04. The minimum absolute atomic E-state index is 0.441. The topological polar surface area (TPSA) is 23.8 Å². The third kappa shape index (κ3) is 4.02. The van der Waals surface area contributed by atoms with Crippen LogP contribution in [0.2, 0.25) is 19.6 Å². The van der Waals surface area contributed by atoms with Crippen LogP contribution in [0.3, 0.4) is 0 Å². The van der Waals surface area contributed by atoms with E-state index >= 15 is 0 Å². The molecule has 1 aromatic rings. The SMILES string of the molecule is C[Si](C)(C)C#Cc1ccccc1CC#N. The molecule has 0 heterocycles. The first-order valence-electron chi connectivity index (χ1n) is 5.01. The third-order valence-electron chi connectivity index (χ3n) is 1.86. The number of nitrogens with zero attached hydrogens (tertiary/aromatic N) is 1. The van der Waals surface area contributed by atoms with Crippen molar-refractivity contribution in [2.45, 2.75) is 26.1 Å². The minimum Gasteiger partial charge on any atom is -0.198 e. The van der Waals surface area contributed by atoms with E-state index < -0.39 is 8.07 Å². The van der Waals surface area contributed by atoms with E-state index in [4.69, 9.17) is 5.26 Å². The first-order valence-corrected chi connectivity index (χ1v) is 8.51. The average molecular weight is 213 g/mol. The molecule has 0 amide bonds. The van der Waals surface area contributed by atoms with Gasteiger partial charge in [0, 0.05) is 5.56 Å². The smallest absolute Gasteiger partial charge is 0.129 e. The Kier molecular flexibility index (Phi) is 3.72. The first-order chi connectivity index (χ1) is 7.03. The van der Waals surface area contributed by atoms with Gasteiger partial charge in [-0.05, 0) is 11.6 Å². The van der Waals surface area contributed by atoms with Gasteiger partial charge in [0.25, 0.3) is 0 Å². The van der Waals surface area contributed by atoms with Crippen LogP contribution in [0, 0.1) is 22.8 Å². The van der Waals surface area contributed by atoms with Crippen LogP contribution in [0.15, 0.2) is 24.3 Å². The van der Waals surface area contributed by atoms with Crippen molar-refractivity contribution in [1.29, 1.82) is 5.26 Å². The summed E-state index contributed by atoms with van der Waals surface area (Å²) < 4.78 is 0. The summed E-state index contributed by atoms with van der Waals surface area (Å²) in [6.07, 6.45) is 0.441. The monoisotopic (exact) mass is 213 g/mol. The van der Waals surface area contributed by atoms with Crippen LogP contribution in [-0.2, 0) is 6.42 Å². The summed E-state index contributed by atoms with van der Waals surface area (Å²) >= 11 is 0. The van der Waals surface area contributed by atoms with E-state index in [0.29, 0.717) is 6.42 Å². The van der Waals surface area contributed by atoms with Gasteiger partial charge >= 0.3 is 0 Å². The Morgan fingerprint density at radius 1 is 1.20 bits per heavy atom. The lowest BCUT2D eigenvalue weighted by atomic mass is 10.1. The molecule has 0 aliphatic heterocycles. The fourth-order valence-electron chi connectivity index (χ4n) is 1.14. The van der Waals surface area contributed by atoms with Crippen molar-refractivity contribution in [3.05, 3.63) is 35.4 Å². The van der Waals surface area contributed by atoms with Gasteiger partial charge in [-0.1, -0.05) is 43.8 Å². The van der Waals surface area contributed by atoms with Crippen molar-refractivity contribution in [3.8, 4) is 17.5 Å². The quantitative estimate of drug-likeness (QED) is 0.520. The van der Waals surface area contributed by atoms with Crippen LogP contribution in [-0.4, -0.2) is 8.07 Å². The summed E-state index contributed by atoms with van der Waals surface area (Å²) in [5.74, 6) is 3.20. The highest BCUT2D eigenvalue weighted by atomic mass is 28.3. The van der Waals surface area contributed by atoms with Crippen molar-refractivity contribution in [2.75, 3.05) is 0 Å². The van der Waals surface area contributed by atoms with Gasteiger partial charge in [0.2, 0.25) is 0 Å². The summed E-state index contributed by atoms with van der Waals surface area (Å²) in [4.78, 5) is 0. The van der Waals surface area contributed by atoms with Gasteiger partial charge in [-0.2, -0.15) is 5.26 Å². The van der Waals surface area contributed by atoms with Crippen molar-refractivity contribution in [2.24, 2.45) is 0 Å².